The number of nitrogens with zero attached hydrogens (tertiary/aromatic N) is 4. The van der Waals surface area contributed by atoms with Gasteiger partial charge in [-0.05, 0) is 24.3 Å². The van der Waals surface area contributed by atoms with Crippen LogP contribution in [0.5, 0.6) is 0 Å². The molecule has 25 heavy (non-hydrogen) atoms. The van der Waals surface area contributed by atoms with Gasteiger partial charge in [0.25, 0.3) is 5.56 Å². The van der Waals surface area contributed by atoms with Crippen LogP contribution in [0.1, 0.15) is 0 Å². The van der Waals surface area contributed by atoms with Crippen LogP contribution in [0, 0.1) is 5.82 Å². The Hall–Kier alpha value is -3.00. The third-order valence-electron chi connectivity index (χ3n) is 3.83. The van der Waals surface area contributed by atoms with E-state index in [1.807, 2.05) is 0 Å². The Morgan fingerprint density at radius 2 is 2.00 bits per heavy atom. The van der Waals surface area contributed by atoms with Gasteiger partial charge >= 0.3 is 5.69 Å². The van der Waals surface area contributed by atoms with E-state index in [1.54, 1.807) is 10.6 Å². The molecule has 3 rings (SSSR count). The number of imidazole rings is 1. The van der Waals surface area contributed by atoms with Gasteiger partial charge < -0.3 is 9.30 Å². The fourth-order valence-electron chi connectivity index (χ4n) is 2.66. The molecule has 130 valence electrons. The summed E-state index contributed by atoms with van der Waals surface area (Å²) in [6.45, 7) is 4.35. The number of aromatic nitrogens is 4. The molecule has 8 heteroatoms. The average Bonchev–Trinajstić information content (AvgIpc) is 3.00. The molecule has 0 saturated carbocycles. The highest BCUT2D eigenvalue weighted by Gasteiger charge is 2.18. The number of rotatable bonds is 6. The molecule has 0 aliphatic carbocycles. The molecule has 0 aliphatic heterocycles. The van der Waals surface area contributed by atoms with Crippen LogP contribution in [0.25, 0.3) is 16.9 Å². The molecule has 1 aromatic carbocycles. The van der Waals surface area contributed by atoms with Crippen LogP contribution in [0.15, 0.2) is 52.8 Å². The van der Waals surface area contributed by atoms with Gasteiger partial charge in [0, 0.05) is 13.7 Å². The fraction of sp³-hybridized carbons (Fsp3) is 0.235. The van der Waals surface area contributed by atoms with E-state index in [-0.39, 0.29) is 24.3 Å². The molecule has 0 atom stereocenters. The van der Waals surface area contributed by atoms with E-state index >= 15 is 0 Å². The van der Waals surface area contributed by atoms with Gasteiger partial charge in [0.15, 0.2) is 11.2 Å². The number of methoxy groups -OCH3 is 1. The number of allylic oxidation sites excluding steroid dienone is 1. The lowest BCUT2D eigenvalue weighted by Crippen LogP contribution is -2.41. The van der Waals surface area contributed by atoms with Crippen molar-refractivity contribution < 1.29 is 9.13 Å². The minimum Gasteiger partial charge on any atom is -0.383 e. The molecule has 0 saturated heterocycles. The summed E-state index contributed by atoms with van der Waals surface area (Å²) in [5.41, 5.74) is -0.0803. The van der Waals surface area contributed by atoms with Crippen LogP contribution in [0.2, 0.25) is 0 Å². The van der Waals surface area contributed by atoms with Crippen molar-refractivity contribution in [3.05, 3.63) is 69.9 Å². The standard InChI is InChI=1S/C17H17FN4O3/c1-3-8-20-11-19-15-14(20)16(23)21(9-10-25-2)17(24)22(15)13-6-4-12(18)5-7-13/h3-7,11H,1,8-10H2,2H3. The number of benzene rings is 1. The predicted molar refractivity (Wildman–Crippen MR) is 91.6 cm³/mol. The first kappa shape index (κ1) is 16.8. The summed E-state index contributed by atoms with van der Waals surface area (Å²) in [5, 5.41) is 0. The lowest BCUT2D eigenvalue weighted by Gasteiger charge is -2.12. The molecule has 2 aromatic heterocycles. The van der Waals surface area contributed by atoms with Crippen LogP contribution in [0.3, 0.4) is 0 Å². The van der Waals surface area contributed by atoms with E-state index in [2.05, 4.69) is 11.6 Å². The van der Waals surface area contributed by atoms with Gasteiger partial charge in [-0.2, -0.15) is 0 Å². The van der Waals surface area contributed by atoms with E-state index in [4.69, 9.17) is 4.74 Å². The largest absolute Gasteiger partial charge is 0.383 e. The third-order valence-corrected chi connectivity index (χ3v) is 3.83. The highest BCUT2D eigenvalue weighted by atomic mass is 19.1. The maximum atomic E-state index is 13.2. The third kappa shape index (κ3) is 2.91. The molecule has 0 unspecified atom stereocenters. The summed E-state index contributed by atoms with van der Waals surface area (Å²) >= 11 is 0. The van der Waals surface area contributed by atoms with E-state index in [9.17, 15) is 14.0 Å². The minimum absolute atomic E-state index is 0.102. The van der Waals surface area contributed by atoms with E-state index in [1.165, 1.54) is 42.3 Å². The molecule has 0 radical (unpaired) electrons. The number of fused-ring (bicyclic) bond motifs is 1. The zero-order valence-corrected chi connectivity index (χ0v) is 13.7. The zero-order chi connectivity index (χ0) is 18.0. The Labute approximate surface area is 142 Å². The molecule has 0 aliphatic rings. The second kappa shape index (κ2) is 6.86. The van der Waals surface area contributed by atoms with E-state index in [0.717, 1.165) is 4.57 Å². The van der Waals surface area contributed by atoms with E-state index in [0.29, 0.717) is 12.2 Å². The van der Waals surface area contributed by atoms with Crippen LogP contribution in [-0.4, -0.2) is 32.4 Å². The summed E-state index contributed by atoms with van der Waals surface area (Å²) in [7, 11) is 1.49. The number of hydrogen-bond donors (Lipinski definition) is 0. The Balaban J connectivity index is 2.38. The Morgan fingerprint density at radius 1 is 1.28 bits per heavy atom. The lowest BCUT2D eigenvalue weighted by molar-refractivity contribution is 0.184. The highest BCUT2D eigenvalue weighted by molar-refractivity contribution is 5.72. The van der Waals surface area contributed by atoms with Crippen molar-refractivity contribution in [1.82, 2.24) is 18.7 Å². The van der Waals surface area contributed by atoms with Gasteiger partial charge in [-0.25, -0.2) is 18.7 Å². The molecule has 0 fully saturated rings. The summed E-state index contributed by atoms with van der Waals surface area (Å²) in [6.07, 6.45) is 3.11. The predicted octanol–water partition coefficient (Wildman–Crippen LogP) is 1.32. The van der Waals surface area contributed by atoms with Gasteiger partial charge in [-0.15, -0.1) is 6.58 Å². The topological polar surface area (TPSA) is 71.1 Å². The van der Waals surface area contributed by atoms with Crippen LogP contribution < -0.4 is 11.2 Å². The highest BCUT2D eigenvalue weighted by Crippen LogP contribution is 2.13. The first-order chi connectivity index (χ1) is 12.1. The van der Waals surface area contributed by atoms with Crippen LogP contribution in [-0.2, 0) is 17.8 Å². The molecule has 0 amide bonds. The van der Waals surface area contributed by atoms with Crippen molar-refractivity contribution in [3.8, 4) is 5.69 Å². The summed E-state index contributed by atoms with van der Waals surface area (Å²) < 4.78 is 22.2. The van der Waals surface area contributed by atoms with Gasteiger partial charge in [-0.1, -0.05) is 6.08 Å². The van der Waals surface area contributed by atoms with Gasteiger partial charge in [0.2, 0.25) is 0 Å². The monoisotopic (exact) mass is 344 g/mol. The second-order valence-corrected chi connectivity index (χ2v) is 5.40. The first-order valence-corrected chi connectivity index (χ1v) is 7.65. The Morgan fingerprint density at radius 3 is 2.64 bits per heavy atom. The molecule has 0 bridgehead atoms. The molecule has 0 N–H and O–H groups in total. The fourth-order valence-corrected chi connectivity index (χ4v) is 2.66. The van der Waals surface area contributed by atoms with Gasteiger partial charge in [0.1, 0.15) is 5.82 Å². The molecule has 3 aromatic rings. The van der Waals surface area contributed by atoms with Crippen molar-refractivity contribution in [1.29, 1.82) is 0 Å². The number of hydrogen-bond acceptors (Lipinski definition) is 4. The van der Waals surface area contributed by atoms with Crippen molar-refractivity contribution >= 4 is 11.2 Å². The van der Waals surface area contributed by atoms with E-state index < -0.39 is 17.1 Å². The van der Waals surface area contributed by atoms with Crippen molar-refractivity contribution in [3.63, 3.8) is 0 Å². The van der Waals surface area contributed by atoms with Crippen molar-refractivity contribution in [2.24, 2.45) is 0 Å². The maximum Gasteiger partial charge on any atom is 0.337 e. The van der Waals surface area contributed by atoms with Gasteiger partial charge in [-0.3, -0.25) is 9.36 Å². The SMILES string of the molecule is C=CCn1cnc2c1c(=O)n(CCOC)c(=O)n2-c1ccc(F)cc1. The molecule has 2 heterocycles. The van der Waals surface area contributed by atoms with Crippen LogP contribution >= 0.6 is 0 Å². The number of ether oxygens (including phenoxy) is 1. The summed E-state index contributed by atoms with van der Waals surface area (Å²) in [6, 6.07) is 5.43. The average molecular weight is 344 g/mol. The van der Waals surface area contributed by atoms with Gasteiger partial charge in [0.05, 0.1) is 25.2 Å². The first-order valence-electron chi connectivity index (χ1n) is 7.65. The maximum absolute atomic E-state index is 13.2. The second-order valence-electron chi connectivity index (χ2n) is 5.40. The molecular formula is C17H17FN4O3. The van der Waals surface area contributed by atoms with Crippen LogP contribution in [0.4, 0.5) is 4.39 Å². The Bertz CT molecular complexity index is 1030. The Kier molecular flexibility index (Phi) is 4.62. The summed E-state index contributed by atoms with van der Waals surface area (Å²) in [5.74, 6) is -0.419. The lowest BCUT2D eigenvalue weighted by atomic mass is 10.3. The van der Waals surface area contributed by atoms with Crippen molar-refractivity contribution in [2.45, 2.75) is 13.1 Å². The normalized spacial score (nSPS) is 11.1. The quantitative estimate of drug-likeness (QED) is 0.633. The molecule has 7 nitrogen and oxygen atoms in total. The minimum atomic E-state index is -0.551. The summed E-state index contributed by atoms with van der Waals surface area (Å²) in [4.78, 5) is 29.9. The zero-order valence-electron chi connectivity index (χ0n) is 13.7. The van der Waals surface area contributed by atoms with Crippen molar-refractivity contribution in [2.75, 3.05) is 13.7 Å². The number of halogens is 1. The molecule has 0 spiro atoms. The smallest absolute Gasteiger partial charge is 0.337 e. The molecular weight excluding hydrogens is 327 g/mol.